The van der Waals surface area contributed by atoms with Crippen molar-refractivity contribution in [3.63, 3.8) is 0 Å². The number of nitrogens with zero attached hydrogens (tertiary/aromatic N) is 4. The van der Waals surface area contributed by atoms with Crippen LogP contribution in [0.4, 0.5) is 0 Å². The Balaban J connectivity index is 1.52. The zero-order valence-electron chi connectivity index (χ0n) is 15.7. The molecule has 0 saturated heterocycles. The Bertz CT molecular complexity index is 985. The van der Waals surface area contributed by atoms with Gasteiger partial charge in [0.2, 0.25) is 5.16 Å². The Morgan fingerprint density at radius 3 is 2.61 bits per heavy atom. The molecule has 0 saturated carbocycles. The maximum absolute atomic E-state index is 5.84. The Kier molecular flexibility index (Phi) is 5.48. The lowest BCUT2D eigenvalue weighted by atomic mass is 10.1. The molecule has 2 heterocycles. The minimum absolute atomic E-state index is 0.265. The summed E-state index contributed by atoms with van der Waals surface area (Å²) in [6, 6.07) is 15.4. The van der Waals surface area contributed by atoms with Gasteiger partial charge in [-0.3, -0.25) is 0 Å². The van der Waals surface area contributed by atoms with Gasteiger partial charge in [0.15, 0.2) is 5.82 Å². The zero-order valence-corrected chi connectivity index (χ0v) is 16.5. The molecule has 3 aromatic rings. The lowest BCUT2D eigenvalue weighted by Gasteiger charge is -2.14. The van der Waals surface area contributed by atoms with Crippen molar-refractivity contribution in [1.82, 2.24) is 14.9 Å². The van der Waals surface area contributed by atoms with E-state index in [1.807, 2.05) is 55.5 Å². The van der Waals surface area contributed by atoms with Crippen molar-refractivity contribution in [3.05, 3.63) is 59.9 Å². The number of methoxy groups -OCH3 is 1. The molecule has 2 aromatic carbocycles. The average Bonchev–Trinajstić information content (AvgIpc) is 3.15. The van der Waals surface area contributed by atoms with Crippen molar-refractivity contribution in [2.24, 2.45) is 5.10 Å². The molecule has 0 aliphatic carbocycles. The zero-order chi connectivity index (χ0) is 19.3. The van der Waals surface area contributed by atoms with Crippen LogP contribution in [0, 0.1) is 0 Å². The monoisotopic (exact) mass is 396 g/mol. The highest BCUT2D eigenvalue weighted by Gasteiger charge is 2.20. The molecular formula is C20H20N4O3S. The summed E-state index contributed by atoms with van der Waals surface area (Å²) < 4.78 is 18.3. The standard InChI is InChI=1S/C20H20N4O3S/c1-3-26-15-9-7-14(8-10-15)18-13-28-20-22-21-19(24(20)23-18)12-27-17-6-4-5-16(11-17)25-2/h4-11H,3,12-13H2,1-2H3. The Labute approximate surface area is 167 Å². The van der Waals surface area contributed by atoms with Gasteiger partial charge in [0.25, 0.3) is 0 Å². The van der Waals surface area contributed by atoms with E-state index in [2.05, 4.69) is 10.2 Å². The lowest BCUT2D eigenvalue weighted by Crippen LogP contribution is -2.15. The molecular weight excluding hydrogens is 376 g/mol. The van der Waals surface area contributed by atoms with Crippen LogP contribution in [0.2, 0.25) is 0 Å². The van der Waals surface area contributed by atoms with E-state index in [1.165, 1.54) is 0 Å². The fourth-order valence-corrected chi connectivity index (χ4v) is 3.61. The summed E-state index contributed by atoms with van der Waals surface area (Å²) in [5.74, 6) is 3.69. The molecule has 4 rings (SSSR count). The van der Waals surface area contributed by atoms with Gasteiger partial charge in [0.1, 0.15) is 23.9 Å². The summed E-state index contributed by atoms with van der Waals surface area (Å²) in [7, 11) is 1.63. The molecule has 0 bridgehead atoms. The fourth-order valence-electron chi connectivity index (χ4n) is 2.75. The van der Waals surface area contributed by atoms with Gasteiger partial charge in [-0.15, -0.1) is 10.2 Å². The van der Waals surface area contributed by atoms with Crippen molar-refractivity contribution in [3.8, 4) is 17.2 Å². The number of hydrogen-bond acceptors (Lipinski definition) is 7. The van der Waals surface area contributed by atoms with Crippen LogP contribution in [0.5, 0.6) is 17.2 Å². The molecule has 8 heteroatoms. The molecule has 1 aromatic heterocycles. The molecule has 0 radical (unpaired) electrons. The van der Waals surface area contributed by atoms with E-state index in [4.69, 9.17) is 19.3 Å². The Morgan fingerprint density at radius 2 is 1.82 bits per heavy atom. The van der Waals surface area contributed by atoms with Crippen LogP contribution < -0.4 is 14.2 Å². The molecule has 0 N–H and O–H groups in total. The maximum Gasteiger partial charge on any atom is 0.212 e. The quantitative estimate of drug-likeness (QED) is 0.607. The predicted octanol–water partition coefficient (Wildman–Crippen LogP) is 3.62. The first-order valence-electron chi connectivity index (χ1n) is 8.92. The van der Waals surface area contributed by atoms with Crippen LogP contribution in [0.25, 0.3) is 0 Å². The van der Waals surface area contributed by atoms with Gasteiger partial charge >= 0.3 is 0 Å². The molecule has 1 aliphatic rings. The molecule has 144 valence electrons. The van der Waals surface area contributed by atoms with E-state index < -0.39 is 0 Å². The number of rotatable bonds is 7. The molecule has 0 unspecified atom stereocenters. The molecule has 0 spiro atoms. The summed E-state index contributed by atoms with van der Waals surface area (Å²) >= 11 is 1.61. The number of benzene rings is 2. The minimum Gasteiger partial charge on any atom is -0.497 e. The number of hydrogen-bond donors (Lipinski definition) is 0. The maximum atomic E-state index is 5.84. The summed E-state index contributed by atoms with van der Waals surface area (Å²) in [5.41, 5.74) is 2.01. The second kappa shape index (κ2) is 8.35. The van der Waals surface area contributed by atoms with Gasteiger partial charge in [-0.2, -0.15) is 9.78 Å². The Hall–Kier alpha value is -3.00. The van der Waals surface area contributed by atoms with Crippen LogP contribution in [0.15, 0.2) is 58.8 Å². The Morgan fingerprint density at radius 1 is 1.00 bits per heavy atom. The predicted molar refractivity (Wildman–Crippen MR) is 108 cm³/mol. The average molecular weight is 396 g/mol. The van der Waals surface area contributed by atoms with Gasteiger partial charge in [-0.25, -0.2) is 0 Å². The highest BCUT2D eigenvalue weighted by Crippen LogP contribution is 2.26. The highest BCUT2D eigenvalue weighted by molar-refractivity contribution is 7.99. The number of ether oxygens (including phenoxy) is 3. The summed E-state index contributed by atoms with van der Waals surface area (Å²) in [6.45, 7) is 2.89. The third-order valence-electron chi connectivity index (χ3n) is 4.14. The van der Waals surface area contributed by atoms with Crippen molar-refractivity contribution in [2.75, 3.05) is 19.5 Å². The van der Waals surface area contributed by atoms with Crippen molar-refractivity contribution >= 4 is 17.5 Å². The van der Waals surface area contributed by atoms with E-state index in [0.29, 0.717) is 18.2 Å². The van der Waals surface area contributed by atoms with Crippen LogP contribution >= 0.6 is 11.8 Å². The second-order valence-electron chi connectivity index (χ2n) is 5.97. The summed E-state index contributed by atoms with van der Waals surface area (Å²) in [5, 5.41) is 13.9. The van der Waals surface area contributed by atoms with E-state index in [-0.39, 0.29) is 6.61 Å². The van der Waals surface area contributed by atoms with Gasteiger partial charge in [0, 0.05) is 11.8 Å². The molecule has 28 heavy (non-hydrogen) atoms. The fraction of sp³-hybridized carbons (Fsp3) is 0.250. The number of aromatic nitrogens is 3. The summed E-state index contributed by atoms with van der Waals surface area (Å²) in [4.78, 5) is 0. The van der Waals surface area contributed by atoms with E-state index in [1.54, 1.807) is 23.5 Å². The van der Waals surface area contributed by atoms with Crippen LogP contribution in [-0.2, 0) is 6.61 Å². The first-order valence-corrected chi connectivity index (χ1v) is 9.90. The van der Waals surface area contributed by atoms with Crippen molar-refractivity contribution < 1.29 is 14.2 Å². The smallest absolute Gasteiger partial charge is 0.212 e. The van der Waals surface area contributed by atoms with Crippen molar-refractivity contribution in [2.45, 2.75) is 18.7 Å². The van der Waals surface area contributed by atoms with Gasteiger partial charge in [-0.05, 0) is 48.9 Å². The minimum atomic E-state index is 0.265. The van der Waals surface area contributed by atoms with Crippen LogP contribution in [0.3, 0.4) is 0 Å². The number of thioether (sulfide) groups is 1. The van der Waals surface area contributed by atoms with Crippen molar-refractivity contribution in [1.29, 1.82) is 0 Å². The third-order valence-corrected chi connectivity index (χ3v) is 5.07. The highest BCUT2D eigenvalue weighted by atomic mass is 32.2. The molecule has 0 atom stereocenters. The topological polar surface area (TPSA) is 70.8 Å². The first kappa shape index (κ1) is 18.4. The van der Waals surface area contributed by atoms with E-state index in [9.17, 15) is 0 Å². The SMILES string of the molecule is CCOc1ccc(C2=Nn3c(COc4cccc(OC)c4)nnc3SC2)cc1. The molecule has 0 amide bonds. The third kappa shape index (κ3) is 3.96. The van der Waals surface area contributed by atoms with Gasteiger partial charge < -0.3 is 14.2 Å². The normalized spacial score (nSPS) is 12.9. The molecule has 7 nitrogen and oxygen atoms in total. The van der Waals surface area contributed by atoms with E-state index in [0.717, 1.165) is 33.7 Å². The van der Waals surface area contributed by atoms with E-state index >= 15 is 0 Å². The second-order valence-corrected chi connectivity index (χ2v) is 6.91. The molecule has 1 aliphatic heterocycles. The lowest BCUT2D eigenvalue weighted by molar-refractivity contribution is 0.288. The largest absolute Gasteiger partial charge is 0.497 e. The first-order chi connectivity index (χ1) is 13.8. The van der Waals surface area contributed by atoms with Crippen LogP contribution in [-0.4, -0.2) is 40.1 Å². The number of fused-ring (bicyclic) bond motifs is 1. The van der Waals surface area contributed by atoms with Gasteiger partial charge in [0.05, 0.1) is 19.4 Å². The van der Waals surface area contributed by atoms with Gasteiger partial charge in [-0.1, -0.05) is 17.8 Å². The van der Waals surface area contributed by atoms with Crippen LogP contribution in [0.1, 0.15) is 18.3 Å². The molecule has 0 fully saturated rings. The summed E-state index contributed by atoms with van der Waals surface area (Å²) in [6.07, 6.45) is 0.